The minimum Gasteiger partial charge on any atom is -0.331 e. The third kappa shape index (κ3) is 5.71. The maximum atomic E-state index is 13.5. The van der Waals surface area contributed by atoms with Crippen LogP contribution in [0.25, 0.3) is 0 Å². The number of urea groups is 1. The third-order valence-corrected chi connectivity index (χ3v) is 3.82. The van der Waals surface area contributed by atoms with Gasteiger partial charge in [-0.05, 0) is 36.8 Å². The molecule has 0 aliphatic rings. The van der Waals surface area contributed by atoms with Gasteiger partial charge >= 0.3 is 6.03 Å². The van der Waals surface area contributed by atoms with E-state index in [9.17, 15) is 22.0 Å². The zero-order valence-corrected chi connectivity index (χ0v) is 14.3. The predicted molar refractivity (Wildman–Crippen MR) is 91.8 cm³/mol. The topological polar surface area (TPSA) is 87.3 Å². The highest BCUT2D eigenvalue weighted by Crippen LogP contribution is 2.19. The van der Waals surface area contributed by atoms with Crippen molar-refractivity contribution in [2.45, 2.75) is 13.0 Å². The number of halogens is 2. The molecule has 2 rings (SSSR count). The maximum Gasteiger partial charge on any atom is 0.319 e. The zero-order valence-electron chi connectivity index (χ0n) is 13.5. The molecule has 0 radical (unpaired) electrons. The molecule has 3 N–H and O–H groups in total. The van der Waals surface area contributed by atoms with Crippen molar-refractivity contribution in [3.05, 3.63) is 59.7 Å². The Balaban J connectivity index is 2.04. The van der Waals surface area contributed by atoms with Gasteiger partial charge in [0.25, 0.3) is 0 Å². The highest BCUT2D eigenvalue weighted by atomic mass is 32.2. The summed E-state index contributed by atoms with van der Waals surface area (Å²) in [5.41, 5.74) is 0.848. The lowest BCUT2D eigenvalue weighted by atomic mass is 10.1. The molecule has 9 heteroatoms. The number of rotatable bonds is 5. The molecule has 0 fully saturated rings. The lowest BCUT2D eigenvalue weighted by Crippen LogP contribution is -2.31. The van der Waals surface area contributed by atoms with Crippen LogP contribution in [0.5, 0.6) is 0 Å². The molecule has 0 saturated heterocycles. The molecule has 0 aromatic heterocycles. The lowest BCUT2D eigenvalue weighted by Gasteiger charge is -2.16. The van der Waals surface area contributed by atoms with E-state index in [1.54, 1.807) is 31.2 Å². The summed E-state index contributed by atoms with van der Waals surface area (Å²) < 4.78 is 51.3. The second kappa shape index (κ2) is 7.47. The van der Waals surface area contributed by atoms with Crippen molar-refractivity contribution in [2.24, 2.45) is 0 Å². The van der Waals surface area contributed by atoms with Gasteiger partial charge < -0.3 is 10.6 Å². The lowest BCUT2D eigenvalue weighted by molar-refractivity contribution is 0.249. The van der Waals surface area contributed by atoms with Crippen LogP contribution in [0.3, 0.4) is 0 Å². The number of anilines is 2. The summed E-state index contributed by atoms with van der Waals surface area (Å²) in [6, 6.07) is 8.14. The van der Waals surface area contributed by atoms with E-state index in [1.165, 1.54) is 0 Å². The predicted octanol–water partition coefficient (Wildman–Crippen LogP) is 3.22. The average molecular weight is 369 g/mol. The molecule has 0 aliphatic heterocycles. The maximum absolute atomic E-state index is 13.5. The summed E-state index contributed by atoms with van der Waals surface area (Å²) in [7, 11) is -3.41. The largest absolute Gasteiger partial charge is 0.331 e. The van der Waals surface area contributed by atoms with E-state index >= 15 is 0 Å². The summed E-state index contributed by atoms with van der Waals surface area (Å²) >= 11 is 0. The quantitative estimate of drug-likeness (QED) is 0.756. The third-order valence-electron chi connectivity index (χ3n) is 3.22. The standard InChI is InChI=1S/C16H17F2N3O3S/c1-10(11-4-3-5-13(8-11)21-25(2,23)24)19-16(22)20-15-7-6-12(17)9-14(15)18/h3-10,21H,1-2H3,(H2,19,20,22)/t10-/m0/s1. The monoisotopic (exact) mass is 369 g/mol. The molecule has 0 aliphatic carbocycles. The number of amides is 2. The molecule has 6 nitrogen and oxygen atoms in total. The molecular weight excluding hydrogens is 352 g/mol. The highest BCUT2D eigenvalue weighted by Gasteiger charge is 2.13. The first-order valence-corrected chi connectivity index (χ1v) is 9.13. The molecular formula is C16H17F2N3O3S. The number of carbonyl (C=O) groups is 1. The number of hydrogen-bond donors (Lipinski definition) is 3. The molecule has 2 aromatic carbocycles. The van der Waals surface area contributed by atoms with Crippen LogP contribution in [0.2, 0.25) is 0 Å². The second-order valence-electron chi connectivity index (χ2n) is 5.44. The van der Waals surface area contributed by atoms with Crippen molar-refractivity contribution in [1.82, 2.24) is 5.32 Å². The van der Waals surface area contributed by atoms with E-state index in [4.69, 9.17) is 0 Å². The van der Waals surface area contributed by atoms with Gasteiger partial charge in [0, 0.05) is 11.8 Å². The van der Waals surface area contributed by atoms with Gasteiger partial charge in [-0.25, -0.2) is 22.0 Å². The number of hydrogen-bond acceptors (Lipinski definition) is 3. The Bertz CT molecular complexity index is 888. The fourth-order valence-corrected chi connectivity index (χ4v) is 2.67. The number of carbonyl (C=O) groups excluding carboxylic acids is 1. The van der Waals surface area contributed by atoms with Crippen molar-refractivity contribution in [3.63, 3.8) is 0 Å². The van der Waals surface area contributed by atoms with E-state index in [1.807, 2.05) is 0 Å². The molecule has 2 amide bonds. The highest BCUT2D eigenvalue weighted by molar-refractivity contribution is 7.92. The number of sulfonamides is 1. The molecule has 0 saturated carbocycles. The Hall–Kier alpha value is -2.68. The first-order valence-electron chi connectivity index (χ1n) is 7.24. The summed E-state index contributed by atoms with van der Waals surface area (Å²) in [5.74, 6) is -1.63. The molecule has 2 aromatic rings. The van der Waals surface area contributed by atoms with Crippen LogP contribution >= 0.6 is 0 Å². The van der Waals surface area contributed by atoms with E-state index in [2.05, 4.69) is 15.4 Å². The molecule has 0 heterocycles. The first-order chi connectivity index (χ1) is 11.6. The normalized spacial score (nSPS) is 12.3. The van der Waals surface area contributed by atoms with E-state index < -0.39 is 33.7 Å². The first kappa shape index (κ1) is 18.7. The van der Waals surface area contributed by atoms with Crippen LogP contribution in [0.1, 0.15) is 18.5 Å². The minimum atomic E-state index is -3.41. The van der Waals surface area contributed by atoms with E-state index in [-0.39, 0.29) is 5.69 Å². The Morgan fingerprint density at radius 3 is 2.48 bits per heavy atom. The van der Waals surface area contributed by atoms with Crippen molar-refractivity contribution in [3.8, 4) is 0 Å². The van der Waals surface area contributed by atoms with Crippen LogP contribution in [-0.4, -0.2) is 20.7 Å². The Morgan fingerprint density at radius 2 is 1.84 bits per heavy atom. The molecule has 25 heavy (non-hydrogen) atoms. The number of benzene rings is 2. The van der Waals surface area contributed by atoms with E-state index in [0.29, 0.717) is 17.3 Å². The fraction of sp³-hybridized carbons (Fsp3) is 0.188. The van der Waals surface area contributed by atoms with Gasteiger partial charge in [0.2, 0.25) is 10.0 Å². The van der Waals surface area contributed by atoms with Gasteiger partial charge in [-0.1, -0.05) is 12.1 Å². The van der Waals surface area contributed by atoms with Gasteiger partial charge in [-0.3, -0.25) is 4.72 Å². The van der Waals surface area contributed by atoms with Gasteiger partial charge in [-0.2, -0.15) is 0 Å². The zero-order chi connectivity index (χ0) is 18.6. The Labute approximate surface area is 144 Å². The molecule has 0 unspecified atom stereocenters. The van der Waals surface area contributed by atoms with Gasteiger partial charge in [0.1, 0.15) is 11.6 Å². The van der Waals surface area contributed by atoms with Gasteiger partial charge in [0.05, 0.1) is 18.0 Å². The van der Waals surface area contributed by atoms with Crippen LogP contribution < -0.4 is 15.4 Å². The SMILES string of the molecule is C[C@H](NC(=O)Nc1ccc(F)cc1F)c1cccc(NS(C)(=O)=O)c1. The van der Waals surface area contributed by atoms with Crippen molar-refractivity contribution >= 4 is 27.4 Å². The Kier molecular flexibility index (Phi) is 5.58. The number of nitrogens with one attached hydrogen (secondary N) is 3. The van der Waals surface area contributed by atoms with Crippen LogP contribution in [0, 0.1) is 11.6 Å². The van der Waals surface area contributed by atoms with E-state index in [0.717, 1.165) is 18.4 Å². The summed E-state index contributed by atoms with van der Waals surface area (Å²) in [6.45, 7) is 1.68. The van der Waals surface area contributed by atoms with Gasteiger partial charge in [0.15, 0.2) is 0 Å². The summed E-state index contributed by atoms with van der Waals surface area (Å²) in [4.78, 5) is 12.0. The van der Waals surface area contributed by atoms with Crippen molar-refractivity contribution in [2.75, 3.05) is 16.3 Å². The summed E-state index contributed by atoms with van der Waals surface area (Å²) in [5, 5.41) is 4.88. The van der Waals surface area contributed by atoms with Crippen LogP contribution in [-0.2, 0) is 10.0 Å². The smallest absolute Gasteiger partial charge is 0.319 e. The second-order valence-corrected chi connectivity index (χ2v) is 7.19. The van der Waals surface area contributed by atoms with Crippen LogP contribution in [0.4, 0.5) is 25.0 Å². The molecule has 0 spiro atoms. The Morgan fingerprint density at radius 1 is 1.12 bits per heavy atom. The minimum absolute atomic E-state index is 0.154. The summed E-state index contributed by atoms with van der Waals surface area (Å²) in [6.07, 6.45) is 1.03. The average Bonchev–Trinajstić information content (AvgIpc) is 2.48. The van der Waals surface area contributed by atoms with Crippen LogP contribution in [0.15, 0.2) is 42.5 Å². The van der Waals surface area contributed by atoms with Gasteiger partial charge in [-0.15, -0.1) is 0 Å². The van der Waals surface area contributed by atoms with Crippen molar-refractivity contribution < 1.29 is 22.0 Å². The molecule has 1 atom stereocenters. The fourth-order valence-electron chi connectivity index (χ4n) is 2.11. The molecule has 0 bridgehead atoms. The molecule has 134 valence electrons. The van der Waals surface area contributed by atoms with Crippen molar-refractivity contribution in [1.29, 1.82) is 0 Å².